The zero-order valence-electron chi connectivity index (χ0n) is 13.4. The predicted molar refractivity (Wildman–Crippen MR) is 83.1 cm³/mol. The van der Waals surface area contributed by atoms with Crippen LogP contribution in [0, 0.1) is 0 Å². The number of hydrogen-bond acceptors (Lipinski definition) is 3. The number of nitrogens with one attached hydrogen (secondary N) is 1. The predicted octanol–water partition coefficient (Wildman–Crippen LogP) is 4.24. The Morgan fingerprint density at radius 3 is 2.23 bits per heavy atom. The first-order chi connectivity index (χ1) is 11.6. The highest BCUT2D eigenvalue weighted by Crippen LogP contribution is 2.36. The molecular formula is C15H18ClF7N2O. The van der Waals surface area contributed by atoms with Gasteiger partial charge in [0.15, 0.2) is 0 Å². The van der Waals surface area contributed by atoms with Gasteiger partial charge >= 0.3 is 18.7 Å². The quantitative estimate of drug-likeness (QED) is 0.710. The highest BCUT2D eigenvalue weighted by atomic mass is 35.5. The maximum atomic E-state index is 13.0. The van der Waals surface area contributed by atoms with E-state index in [2.05, 4.69) is 10.1 Å². The lowest BCUT2D eigenvalue weighted by Gasteiger charge is -2.35. The molecule has 2 rings (SSSR count). The van der Waals surface area contributed by atoms with Gasteiger partial charge in [0.1, 0.15) is 5.75 Å². The number of hydrogen-bond donors (Lipinski definition) is 1. The van der Waals surface area contributed by atoms with Crippen molar-refractivity contribution in [1.82, 2.24) is 10.2 Å². The van der Waals surface area contributed by atoms with E-state index in [1.165, 1.54) is 12.1 Å². The van der Waals surface area contributed by atoms with Gasteiger partial charge in [-0.15, -0.1) is 12.4 Å². The van der Waals surface area contributed by atoms with Crippen molar-refractivity contribution in [2.45, 2.75) is 31.2 Å². The summed E-state index contributed by atoms with van der Waals surface area (Å²) >= 11 is 0. The van der Waals surface area contributed by atoms with E-state index in [9.17, 15) is 30.7 Å². The van der Waals surface area contributed by atoms with Crippen molar-refractivity contribution in [3.05, 3.63) is 29.8 Å². The molecular weight excluding hydrogens is 393 g/mol. The Bertz CT molecular complexity index is 565. The standard InChI is InChI=1S/C15H17F7N2O.ClH/c16-13(17)15(21,22)25-11-3-1-2-10(8-11)12(9-14(18,19)20)24-6-4-23-5-7-24;/h1-3,8,12-13,23H,4-7,9H2;1H/t12-;/m1./s1. The Kier molecular flexibility index (Phi) is 7.97. The number of nitrogens with zero attached hydrogens (tertiary/aromatic N) is 1. The van der Waals surface area contributed by atoms with Gasteiger partial charge in [0.05, 0.1) is 6.42 Å². The Morgan fingerprint density at radius 2 is 1.69 bits per heavy atom. The van der Waals surface area contributed by atoms with Crippen LogP contribution in [0.1, 0.15) is 18.0 Å². The summed E-state index contributed by atoms with van der Waals surface area (Å²) in [5.74, 6) is -0.606. The Morgan fingerprint density at radius 1 is 1.08 bits per heavy atom. The summed E-state index contributed by atoms with van der Waals surface area (Å²) in [6.45, 7) is 1.68. The lowest BCUT2D eigenvalue weighted by Crippen LogP contribution is -2.46. The van der Waals surface area contributed by atoms with Gasteiger partial charge in [-0.3, -0.25) is 4.90 Å². The van der Waals surface area contributed by atoms with E-state index in [0.29, 0.717) is 26.2 Å². The monoisotopic (exact) mass is 410 g/mol. The van der Waals surface area contributed by atoms with Crippen LogP contribution in [-0.4, -0.2) is 49.8 Å². The Hall–Kier alpha value is -1.26. The van der Waals surface area contributed by atoms with Gasteiger partial charge in [-0.25, -0.2) is 0 Å². The largest absolute Gasteiger partial charge is 0.461 e. The lowest BCUT2D eigenvalue weighted by atomic mass is 10.0. The minimum atomic E-state index is -4.72. The van der Waals surface area contributed by atoms with Crippen molar-refractivity contribution in [1.29, 1.82) is 0 Å². The van der Waals surface area contributed by atoms with Gasteiger partial charge in [-0.2, -0.15) is 30.7 Å². The number of ether oxygens (including phenoxy) is 1. The van der Waals surface area contributed by atoms with Gasteiger partial charge in [0, 0.05) is 32.2 Å². The maximum absolute atomic E-state index is 13.0. The average Bonchev–Trinajstić information content (AvgIpc) is 2.52. The van der Waals surface area contributed by atoms with Crippen molar-refractivity contribution >= 4 is 12.4 Å². The number of halogens is 8. The number of benzene rings is 1. The third kappa shape index (κ3) is 6.48. The molecule has 11 heteroatoms. The van der Waals surface area contributed by atoms with E-state index in [1.54, 1.807) is 4.90 Å². The molecule has 1 saturated heterocycles. The molecule has 1 atom stereocenters. The van der Waals surface area contributed by atoms with Crippen molar-refractivity contribution in [2.75, 3.05) is 26.2 Å². The highest BCUT2D eigenvalue weighted by Gasteiger charge is 2.44. The fourth-order valence-electron chi connectivity index (χ4n) is 2.66. The number of alkyl halides is 7. The summed E-state index contributed by atoms with van der Waals surface area (Å²) in [6, 6.07) is 3.39. The zero-order valence-corrected chi connectivity index (χ0v) is 14.2. The van der Waals surface area contributed by atoms with Gasteiger partial charge in [0.2, 0.25) is 0 Å². The van der Waals surface area contributed by atoms with Crippen molar-refractivity contribution in [3.8, 4) is 5.75 Å². The van der Waals surface area contributed by atoms with Crippen LogP contribution in [0.3, 0.4) is 0 Å². The molecule has 1 heterocycles. The van der Waals surface area contributed by atoms with Crippen molar-refractivity contribution in [2.24, 2.45) is 0 Å². The minimum Gasteiger partial charge on any atom is -0.428 e. The lowest BCUT2D eigenvalue weighted by molar-refractivity contribution is -0.253. The molecule has 0 aromatic heterocycles. The van der Waals surface area contributed by atoms with E-state index < -0.39 is 36.9 Å². The molecule has 0 unspecified atom stereocenters. The van der Waals surface area contributed by atoms with Crippen LogP contribution in [0.4, 0.5) is 30.7 Å². The topological polar surface area (TPSA) is 24.5 Å². The normalized spacial score (nSPS) is 17.7. The van der Waals surface area contributed by atoms with Gasteiger partial charge in [-0.1, -0.05) is 12.1 Å². The molecule has 0 amide bonds. The zero-order chi connectivity index (χ0) is 18.7. The first-order valence-electron chi connectivity index (χ1n) is 7.55. The molecule has 0 saturated carbocycles. The highest BCUT2D eigenvalue weighted by molar-refractivity contribution is 5.85. The minimum absolute atomic E-state index is 0. The van der Waals surface area contributed by atoms with E-state index in [1.807, 2.05) is 0 Å². The maximum Gasteiger partial charge on any atom is 0.461 e. The van der Waals surface area contributed by atoms with Crippen LogP contribution in [0.15, 0.2) is 24.3 Å². The first kappa shape index (κ1) is 22.8. The van der Waals surface area contributed by atoms with E-state index in [0.717, 1.165) is 12.1 Å². The molecule has 1 aliphatic rings. The summed E-state index contributed by atoms with van der Waals surface area (Å²) < 4.78 is 93.3. The fourth-order valence-corrected chi connectivity index (χ4v) is 2.66. The van der Waals surface area contributed by atoms with Gasteiger partial charge < -0.3 is 10.1 Å². The van der Waals surface area contributed by atoms with Crippen LogP contribution < -0.4 is 10.1 Å². The molecule has 0 aliphatic carbocycles. The van der Waals surface area contributed by atoms with E-state index >= 15 is 0 Å². The second kappa shape index (κ2) is 9.09. The second-order valence-corrected chi connectivity index (χ2v) is 5.66. The molecule has 0 bridgehead atoms. The van der Waals surface area contributed by atoms with Crippen LogP contribution >= 0.6 is 12.4 Å². The molecule has 1 N–H and O–H groups in total. The van der Waals surface area contributed by atoms with Crippen LogP contribution in [0.2, 0.25) is 0 Å². The third-order valence-electron chi connectivity index (χ3n) is 3.77. The summed E-state index contributed by atoms with van der Waals surface area (Å²) in [5.41, 5.74) is 0.0850. The van der Waals surface area contributed by atoms with Gasteiger partial charge in [-0.05, 0) is 17.7 Å². The summed E-state index contributed by atoms with van der Waals surface area (Å²) in [7, 11) is 0. The van der Waals surface area contributed by atoms with E-state index in [-0.39, 0.29) is 18.0 Å². The molecule has 1 aliphatic heterocycles. The van der Waals surface area contributed by atoms with Crippen molar-refractivity contribution < 1.29 is 35.5 Å². The first-order valence-corrected chi connectivity index (χ1v) is 7.55. The Labute approximate surface area is 151 Å². The summed E-state index contributed by atoms with van der Waals surface area (Å²) in [5, 5.41) is 3.01. The number of piperazine rings is 1. The fraction of sp³-hybridized carbons (Fsp3) is 0.600. The molecule has 3 nitrogen and oxygen atoms in total. The smallest absolute Gasteiger partial charge is 0.428 e. The second-order valence-electron chi connectivity index (χ2n) is 5.66. The summed E-state index contributed by atoms with van der Waals surface area (Å²) in [6.07, 6.45) is -14.4. The summed E-state index contributed by atoms with van der Waals surface area (Å²) in [4.78, 5) is 1.58. The molecule has 1 aromatic rings. The SMILES string of the molecule is Cl.FC(F)C(F)(F)Oc1cccc([C@@H](CC(F)(F)F)N2CCNCC2)c1. The van der Waals surface area contributed by atoms with Crippen molar-refractivity contribution in [3.63, 3.8) is 0 Å². The Balaban J connectivity index is 0.00000338. The molecule has 0 radical (unpaired) electrons. The molecule has 26 heavy (non-hydrogen) atoms. The third-order valence-corrected chi connectivity index (χ3v) is 3.77. The van der Waals surface area contributed by atoms with Crippen LogP contribution in [-0.2, 0) is 0 Å². The number of rotatable bonds is 6. The molecule has 0 spiro atoms. The average molecular weight is 411 g/mol. The molecule has 1 aromatic carbocycles. The van der Waals surface area contributed by atoms with Crippen LogP contribution in [0.25, 0.3) is 0 Å². The molecule has 150 valence electrons. The van der Waals surface area contributed by atoms with Crippen LogP contribution in [0.5, 0.6) is 5.75 Å². The molecule has 1 fully saturated rings. The van der Waals surface area contributed by atoms with E-state index in [4.69, 9.17) is 0 Å². The van der Waals surface area contributed by atoms with Gasteiger partial charge in [0.25, 0.3) is 0 Å².